The molecule has 2 aliphatic heterocycles. The van der Waals surface area contributed by atoms with Crippen LogP contribution in [0.25, 0.3) is 0 Å². The molecule has 1 saturated heterocycles. The van der Waals surface area contributed by atoms with Crippen molar-refractivity contribution in [2.24, 2.45) is 4.99 Å². The van der Waals surface area contributed by atoms with Crippen LogP contribution >= 0.6 is 11.8 Å². The van der Waals surface area contributed by atoms with Crippen LogP contribution in [0.15, 0.2) is 23.2 Å². The molecule has 0 saturated carbocycles. The van der Waals surface area contributed by atoms with Crippen molar-refractivity contribution in [2.45, 2.75) is 13.8 Å². The van der Waals surface area contributed by atoms with E-state index in [2.05, 4.69) is 47.3 Å². The highest BCUT2D eigenvalue weighted by Crippen LogP contribution is 2.23. The molecule has 1 N–H and O–H groups in total. The van der Waals surface area contributed by atoms with Gasteiger partial charge < -0.3 is 9.80 Å². The molecule has 1 aromatic rings. The molecule has 24 heavy (non-hydrogen) atoms. The molecule has 1 aromatic carbocycles. The summed E-state index contributed by atoms with van der Waals surface area (Å²) in [5, 5.41) is 3.16. The minimum absolute atomic E-state index is 0.467. The predicted octanol–water partition coefficient (Wildman–Crippen LogP) is 1.17. The van der Waals surface area contributed by atoms with Gasteiger partial charge in [0, 0.05) is 37.6 Å². The zero-order valence-electron chi connectivity index (χ0n) is 14.0. The Morgan fingerprint density at radius 2 is 1.92 bits per heavy atom. The quantitative estimate of drug-likeness (QED) is 0.776. The van der Waals surface area contributed by atoms with Crippen molar-refractivity contribution in [1.29, 1.82) is 0 Å². The Hall–Kier alpha value is -2.02. The normalized spacial score (nSPS) is 17.7. The van der Waals surface area contributed by atoms with Crippen molar-refractivity contribution >= 4 is 34.4 Å². The van der Waals surface area contributed by atoms with Crippen LogP contribution < -0.4 is 10.2 Å². The molecule has 7 heteroatoms. The van der Waals surface area contributed by atoms with E-state index in [1.165, 1.54) is 28.6 Å². The number of anilines is 1. The first-order chi connectivity index (χ1) is 11.6. The molecule has 2 amide bonds. The molecule has 0 spiro atoms. The summed E-state index contributed by atoms with van der Waals surface area (Å²) in [6, 6.07) is 6.28. The van der Waals surface area contributed by atoms with E-state index in [1.54, 1.807) is 4.90 Å². The number of rotatable bonds is 1. The molecular weight excluding hydrogens is 324 g/mol. The van der Waals surface area contributed by atoms with Gasteiger partial charge in [-0.2, -0.15) is 0 Å². The Labute approximate surface area is 146 Å². The van der Waals surface area contributed by atoms with Crippen LogP contribution in [-0.4, -0.2) is 60.4 Å². The van der Waals surface area contributed by atoms with E-state index >= 15 is 0 Å². The number of nitrogens with one attached hydrogen (secondary N) is 1. The van der Waals surface area contributed by atoms with Gasteiger partial charge in [0.05, 0.1) is 6.54 Å². The number of hydrogen-bond donors (Lipinski definition) is 1. The van der Waals surface area contributed by atoms with Crippen LogP contribution in [-0.2, 0) is 9.59 Å². The first-order valence-corrected chi connectivity index (χ1v) is 9.13. The highest BCUT2D eigenvalue weighted by molar-refractivity contribution is 8.14. The van der Waals surface area contributed by atoms with E-state index in [0.29, 0.717) is 24.8 Å². The number of carbonyl (C=O) groups excluding carboxylic acids is 2. The Balaban J connectivity index is 1.57. The highest BCUT2D eigenvalue weighted by atomic mass is 32.2. The zero-order valence-corrected chi connectivity index (χ0v) is 14.9. The van der Waals surface area contributed by atoms with E-state index in [1.807, 2.05) is 0 Å². The lowest BCUT2D eigenvalue weighted by atomic mass is 10.1. The van der Waals surface area contributed by atoms with E-state index < -0.39 is 11.8 Å². The summed E-state index contributed by atoms with van der Waals surface area (Å²) in [5.41, 5.74) is 3.75. The maximum atomic E-state index is 12.3. The van der Waals surface area contributed by atoms with E-state index in [0.717, 1.165) is 18.8 Å². The van der Waals surface area contributed by atoms with Gasteiger partial charge in [-0.05, 0) is 31.0 Å². The summed E-state index contributed by atoms with van der Waals surface area (Å²) in [5.74, 6) is -0.188. The summed E-state index contributed by atoms with van der Waals surface area (Å²) >= 11 is 1.47. The molecule has 3 rings (SSSR count). The van der Waals surface area contributed by atoms with Crippen molar-refractivity contribution in [1.82, 2.24) is 10.2 Å². The molecule has 0 aromatic heterocycles. The van der Waals surface area contributed by atoms with E-state index in [9.17, 15) is 9.59 Å². The standard InChI is InChI=1S/C17H22N4O2S/c1-12-4-3-5-14(13(12)2)20-7-9-21(10-8-20)16(23)15(22)19-17-18-6-11-24-17/h3-5H,6-11H2,1-2H3,(H,18,19,22). The van der Waals surface area contributed by atoms with Gasteiger partial charge in [0.2, 0.25) is 0 Å². The lowest BCUT2D eigenvalue weighted by Crippen LogP contribution is -2.53. The molecule has 0 unspecified atom stereocenters. The molecule has 128 valence electrons. The minimum atomic E-state index is -0.580. The third kappa shape index (κ3) is 3.56. The fraction of sp³-hybridized carbons (Fsp3) is 0.471. The summed E-state index contributed by atoms with van der Waals surface area (Å²) in [7, 11) is 0. The maximum Gasteiger partial charge on any atom is 0.315 e. The smallest absolute Gasteiger partial charge is 0.315 e. The third-order valence-corrected chi connectivity index (χ3v) is 5.38. The van der Waals surface area contributed by atoms with Crippen LogP contribution in [0.4, 0.5) is 5.69 Å². The number of thioether (sulfide) groups is 1. The Kier molecular flexibility index (Phi) is 5.08. The maximum absolute atomic E-state index is 12.3. The lowest BCUT2D eigenvalue weighted by Gasteiger charge is -2.36. The summed E-state index contributed by atoms with van der Waals surface area (Å²) in [4.78, 5) is 32.4. The van der Waals surface area contributed by atoms with Crippen molar-refractivity contribution in [3.05, 3.63) is 29.3 Å². The monoisotopic (exact) mass is 346 g/mol. The Bertz CT molecular complexity index is 681. The van der Waals surface area contributed by atoms with Gasteiger partial charge in [-0.25, -0.2) is 0 Å². The molecule has 0 radical (unpaired) electrons. The van der Waals surface area contributed by atoms with Crippen molar-refractivity contribution < 1.29 is 9.59 Å². The molecule has 2 heterocycles. The Morgan fingerprint density at radius 3 is 2.58 bits per heavy atom. The van der Waals surface area contributed by atoms with Crippen molar-refractivity contribution in [3.8, 4) is 0 Å². The second-order valence-corrected chi connectivity index (χ2v) is 7.07. The molecule has 0 atom stereocenters. The fourth-order valence-corrected chi connectivity index (χ4v) is 3.66. The number of amides is 2. The summed E-state index contributed by atoms with van der Waals surface area (Å²) < 4.78 is 0. The largest absolute Gasteiger partial charge is 0.368 e. The van der Waals surface area contributed by atoms with Crippen LogP contribution in [0.1, 0.15) is 11.1 Å². The number of aliphatic imine (C=N–C) groups is 1. The first kappa shape index (κ1) is 16.8. The van der Waals surface area contributed by atoms with Gasteiger partial charge in [-0.15, -0.1) is 0 Å². The average Bonchev–Trinajstić information content (AvgIpc) is 3.10. The Morgan fingerprint density at radius 1 is 1.17 bits per heavy atom. The van der Waals surface area contributed by atoms with Gasteiger partial charge in [-0.3, -0.25) is 19.9 Å². The SMILES string of the molecule is Cc1cccc(N2CCN(C(=O)C(=O)NC3=NCCS3)CC2)c1C. The van der Waals surface area contributed by atoms with E-state index in [-0.39, 0.29) is 0 Å². The van der Waals surface area contributed by atoms with Gasteiger partial charge in [0.1, 0.15) is 0 Å². The number of nitrogens with zero attached hydrogens (tertiary/aromatic N) is 3. The second kappa shape index (κ2) is 7.25. The van der Waals surface area contributed by atoms with Crippen LogP contribution in [0.5, 0.6) is 0 Å². The first-order valence-electron chi connectivity index (χ1n) is 8.15. The van der Waals surface area contributed by atoms with Gasteiger partial charge in [0.25, 0.3) is 0 Å². The minimum Gasteiger partial charge on any atom is -0.368 e. The topological polar surface area (TPSA) is 65.0 Å². The number of hydrogen-bond acceptors (Lipinski definition) is 5. The molecule has 2 aliphatic rings. The zero-order chi connectivity index (χ0) is 17.1. The number of carbonyl (C=O) groups is 2. The average molecular weight is 346 g/mol. The summed E-state index contributed by atoms with van der Waals surface area (Å²) in [6.07, 6.45) is 0. The second-order valence-electron chi connectivity index (χ2n) is 5.99. The van der Waals surface area contributed by atoms with Gasteiger partial charge >= 0.3 is 11.8 Å². The molecule has 1 fully saturated rings. The van der Waals surface area contributed by atoms with E-state index in [4.69, 9.17) is 0 Å². The molecule has 0 aliphatic carbocycles. The van der Waals surface area contributed by atoms with Crippen LogP contribution in [0, 0.1) is 13.8 Å². The number of benzene rings is 1. The van der Waals surface area contributed by atoms with Crippen molar-refractivity contribution in [2.75, 3.05) is 43.4 Å². The molecular formula is C17H22N4O2S. The fourth-order valence-electron chi connectivity index (χ4n) is 2.93. The molecule has 0 bridgehead atoms. The summed E-state index contributed by atoms with van der Waals surface area (Å²) in [6.45, 7) is 7.50. The third-order valence-electron chi connectivity index (χ3n) is 4.48. The van der Waals surface area contributed by atoms with Crippen LogP contribution in [0.3, 0.4) is 0 Å². The van der Waals surface area contributed by atoms with Gasteiger partial charge in [0.15, 0.2) is 5.17 Å². The number of piperazine rings is 1. The molecule has 6 nitrogen and oxygen atoms in total. The van der Waals surface area contributed by atoms with Gasteiger partial charge in [-0.1, -0.05) is 23.9 Å². The number of aryl methyl sites for hydroxylation is 1. The van der Waals surface area contributed by atoms with Crippen LogP contribution in [0.2, 0.25) is 0 Å². The lowest BCUT2D eigenvalue weighted by molar-refractivity contribution is -0.145. The van der Waals surface area contributed by atoms with Crippen molar-refractivity contribution in [3.63, 3.8) is 0 Å². The number of amidine groups is 1. The predicted molar refractivity (Wildman–Crippen MR) is 97.6 cm³/mol. The highest BCUT2D eigenvalue weighted by Gasteiger charge is 2.27.